The zero-order valence-corrected chi connectivity index (χ0v) is 14.8. The molecule has 3 amide bonds. The lowest BCUT2D eigenvalue weighted by atomic mass is 10.1. The van der Waals surface area contributed by atoms with Gasteiger partial charge in [0.05, 0.1) is 6.54 Å². The third-order valence-corrected chi connectivity index (χ3v) is 4.33. The molecule has 6 heteroatoms. The summed E-state index contributed by atoms with van der Waals surface area (Å²) in [7, 11) is 0. The number of carbonyl (C=O) groups excluding carboxylic acids is 3. The van der Waals surface area contributed by atoms with Gasteiger partial charge in [-0.15, -0.1) is 0 Å². The van der Waals surface area contributed by atoms with Gasteiger partial charge >= 0.3 is 0 Å². The number of rotatable bonds is 4. The van der Waals surface area contributed by atoms with Crippen molar-refractivity contribution in [3.63, 3.8) is 0 Å². The second-order valence-corrected chi connectivity index (χ2v) is 6.36. The van der Waals surface area contributed by atoms with Gasteiger partial charge in [-0.1, -0.05) is 17.7 Å². The van der Waals surface area contributed by atoms with Gasteiger partial charge in [0.1, 0.15) is 0 Å². The highest BCUT2D eigenvalue weighted by Crippen LogP contribution is 2.30. The third kappa shape index (κ3) is 3.91. The molecule has 0 spiro atoms. The SMILES string of the molecule is CC(=O)N1CCc2cc(NC(=O)CNC(=O)c3cccc(C)c3)ccc21. The van der Waals surface area contributed by atoms with Gasteiger partial charge in [-0.3, -0.25) is 14.4 Å². The fourth-order valence-electron chi connectivity index (χ4n) is 3.06. The van der Waals surface area contributed by atoms with Crippen LogP contribution >= 0.6 is 0 Å². The van der Waals surface area contributed by atoms with E-state index in [1.165, 1.54) is 0 Å². The van der Waals surface area contributed by atoms with Crippen molar-refractivity contribution in [3.05, 3.63) is 59.2 Å². The van der Waals surface area contributed by atoms with E-state index in [4.69, 9.17) is 0 Å². The fraction of sp³-hybridized carbons (Fsp3) is 0.250. The second-order valence-electron chi connectivity index (χ2n) is 6.36. The first-order chi connectivity index (χ1) is 12.4. The largest absolute Gasteiger partial charge is 0.343 e. The Morgan fingerprint density at radius 1 is 1.12 bits per heavy atom. The van der Waals surface area contributed by atoms with E-state index in [0.29, 0.717) is 17.8 Å². The van der Waals surface area contributed by atoms with Crippen LogP contribution in [0.25, 0.3) is 0 Å². The van der Waals surface area contributed by atoms with Crippen LogP contribution in [0.4, 0.5) is 11.4 Å². The van der Waals surface area contributed by atoms with Gasteiger partial charge in [-0.2, -0.15) is 0 Å². The minimum absolute atomic E-state index is 0.0133. The Morgan fingerprint density at radius 2 is 1.92 bits per heavy atom. The molecule has 2 aromatic rings. The van der Waals surface area contributed by atoms with E-state index in [2.05, 4.69) is 10.6 Å². The molecule has 0 unspecified atom stereocenters. The van der Waals surface area contributed by atoms with Gasteiger partial charge in [0.2, 0.25) is 11.8 Å². The van der Waals surface area contributed by atoms with Crippen LogP contribution in [0, 0.1) is 6.92 Å². The van der Waals surface area contributed by atoms with Gasteiger partial charge in [0.25, 0.3) is 5.91 Å². The highest BCUT2D eigenvalue weighted by Gasteiger charge is 2.22. The summed E-state index contributed by atoms with van der Waals surface area (Å²) < 4.78 is 0. The Morgan fingerprint density at radius 3 is 2.65 bits per heavy atom. The maximum atomic E-state index is 12.1. The Balaban J connectivity index is 1.57. The monoisotopic (exact) mass is 351 g/mol. The summed E-state index contributed by atoms with van der Waals surface area (Å²) in [5.41, 5.74) is 4.09. The van der Waals surface area contributed by atoms with Crippen LogP contribution in [-0.2, 0) is 16.0 Å². The molecule has 2 aromatic carbocycles. The molecule has 1 aliphatic heterocycles. The Labute approximate surface area is 152 Å². The predicted molar refractivity (Wildman–Crippen MR) is 100 cm³/mol. The number of benzene rings is 2. The van der Waals surface area contributed by atoms with Crippen LogP contribution in [-0.4, -0.2) is 30.8 Å². The molecule has 26 heavy (non-hydrogen) atoms. The summed E-state index contributed by atoms with van der Waals surface area (Å²) >= 11 is 0. The fourth-order valence-corrected chi connectivity index (χ4v) is 3.06. The number of hydrogen-bond acceptors (Lipinski definition) is 3. The molecular weight excluding hydrogens is 330 g/mol. The maximum absolute atomic E-state index is 12.1. The Hall–Kier alpha value is -3.15. The van der Waals surface area contributed by atoms with E-state index in [1.54, 1.807) is 36.1 Å². The lowest BCUT2D eigenvalue weighted by molar-refractivity contribution is -0.116. The molecule has 3 rings (SSSR count). The number of amides is 3. The van der Waals surface area contributed by atoms with Crippen molar-refractivity contribution in [1.29, 1.82) is 0 Å². The van der Waals surface area contributed by atoms with E-state index < -0.39 is 0 Å². The van der Waals surface area contributed by atoms with Crippen molar-refractivity contribution in [2.45, 2.75) is 20.3 Å². The average Bonchev–Trinajstić information content (AvgIpc) is 3.03. The van der Waals surface area contributed by atoms with Crippen LogP contribution in [0.5, 0.6) is 0 Å². The van der Waals surface area contributed by atoms with Crippen molar-refractivity contribution in [2.75, 3.05) is 23.3 Å². The summed E-state index contributed by atoms with van der Waals surface area (Å²) in [5.74, 6) is -0.568. The van der Waals surface area contributed by atoms with E-state index in [-0.39, 0.29) is 24.3 Å². The molecule has 0 atom stereocenters. The van der Waals surface area contributed by atoms with E-state index in [0.717, 1.165) is 23.2 Å². The van der Waals surface area contributed by atoms with Crippen LogP contribution in [0.3, 0.4) is 0 Å². The third-order valence-electron chi connectivity index (χ3n) is 4.33. The highest BCUT2D eigenvalue weighted by molar-refractivity contribution is 6.00. The van der Waals surface area contributed by atoms with Gasteiger partial charge < -0.3 is 15.5 Å². The summed E-state index contributed by atoms with van der Waals surface area (Å²) in [6.07, 6.45) is 0.767. The Bertz CT molecular complexity index is 876. The molecule has 134 valence electrons. The van der Waals surface area contributed by atoms with E-state index in [1.807, 2.05) is 25.1 Å². The lowest BCUT2D eigenvalue weighted by Gasteiger charge is -2.15. The average molecular weight is 351 g/mol. The summed E-state index contributed by atoms with van der Waals surface area (Å²) in [6.45, 7) is 4.00. The molecule has 0 aliphatic carbocycles. The lowest BCUT2D eigenvalue weighted by Crippen LogP contribution is -2.32. The van der Waals surface area contributed by atoms with Gasteiger partial charge in [-0.25, -0.2) is 0 Å². The number of nitrogens with one attached hydrogen (secondary N) is 2. The highest BCUT2D eigenvalue weighted by atomic mass is 16.2. The zero-order chi connectivity index (χ0) is 18.7. The molecule has 0 saturated carbocycles. The van der Waals surface area contributed by atoms with Crippen molar-refractivity contribution in [1.82, 2.24) is 5.32 Å². The number of aryl methyl sites for hydroxylation is 1. The summed E-state index contributed by atoms with van der Waals surface area (Å²) in [5, 5.41) is 5.39. The normalized spacial score (nSPS) is 12.5. The molecule has 0 fully saturated rings. The van der Waals surface area contributed by atoms with Crippen LogP contribution in [0.15, 0.2) is 42.5 Å². The van der Waals surface area contributed by atoms with Gasteiger partial charge in [0.15, 0.2) is 0 Å². The molecule has 2 N–H and O–H groups in total. The second kappa shape index (κ2) is 7.39. The minimum atomic E-state index is -0.299. The van der Waals surface area contributed by atoms with Crippen LogP contribution in [0.1, 0.15) is 28.4 Å². The first-order valence-corrected chi connectivity index (χ1v) is 8.50. The smallest absolute Gasteiger partial charge is 0.251 e. The summed E-state index contributed by atoms with van der Waals surface area (Å²) in [4.78, 5) is 37.5. The van der Waals surface area contributed by atoms with Crippen molar-refractivity contribution >= 4 is 29.1 Å². The van der Waals surface area contributed by atoms with Crippen molar-refractivity contribution in [2.24, 2.45) is 0 Å². The van der Waals surface area contributed by atoms with Crippen molar-refractivity contribution in [3.8, 4) is 0 Å². The maximum Gasteiger partial charge on any atom is 0.251 e. The number of nitrogens with zero attached hydrogens (tertiary/aromatic N) is 1. The number of fused-ring (bicyclic) bond motifs is 1. The molecule has 6 nitrogen and oxygen atoms in total. The molecular formula is C20H21N3O3. The van der Waals surface area contributed by atoms with Crippen LogP contribution in [0.2, 0.25) is 0 Å². The Kier molecular flexibility index (Phi) is 5.02. The number of carbonyl (C=O) groups is 3. The van der Waals surface area contributed by atoms with Gasteiger partial charge in [-0.05, 0) is 49.2 Å². The standard InChI is InChI=1S/C20H21N3O3/c1-13-4-3-5-16(10-13)20(26)21-12-19(25)22-17-6-7-18-15(11-17)8-9-23(18)14(2)24/h3-7,10-11H,8-9,12H2,1-2H3,(H,21,26)(H,22,25). The minimum Gasteiger partial charge on any atom is -0.343 e. The van der Waals surface area contributed by atoms with E-state index in [9.17, 15) is 14.4 Å². The summed E-state index contributed by atoms with van der Waals surface area (Å²) in [6, 6.07) is 12.7. The molecule has 0 saturated heterocycles. The zero-order valence-electron chi connectivity index (χ0n) is 14.8. The molecule has 1 aliphatic rings. The first-order valence-electron chi connectivity index (χ1n) is 8.50. The first kappa shape index (κ1) is 17.7. The molecule has 0 radical (unpaired) electrons. The van der Waals surface area contributed by atoms with Crippen LogP contribution < -0.4 is 15.5 Å². The topological polar surface area (TPSA) is 78.5 Å². The molecule has 0 bridgehead atoms. The van der Waals surface area contributed by atoms with E-state index >= 15 is 0 Å². The molecule has 0 aromatic heterocycles. The quantitative estimate of drug-likeness (QED) is 0.887. The number of anilines is 2. The molecule has 1 heterocycles. The van der Waals surface area contributed by atoms with Gasteiger partial charge in [0, 0.05) is 30.4 Å². The van der Waals surface area contributed by atoms with Crippen molar-refractivity contribution < 1.29 is 14.4 Å². The predicted octanol–water partition coefficient (Wildman–Crippen LogP) is 2.27. The number of hydrogen-bond donors (Lipinski definition) is 2.